The van der Waals surface area contributed by atoms with Gasteiger partial charge in [-0.3, -0.25) is 0 Å². The molecule has 1 heterocycles. The number of hydrogen-bond donors (Lipinski definition) is 2. The van der Waals surface area contributed by atoms with Crippen LogP contribution in [0.2, 0.25) is 0 Å². The molecule has 0 aliphatic carbocycles. The lowest BCUT2D eigenvalue weighted by molar-refractivity contribution is -0.00345. The number of hydrogen-bond acceptors (Lipinski definition) is 6. The molecule has 18 heavy (non-hydrogen) atoms. The van der Waals surface area contributed by atoms with Gasteiger partial charge in [0.05, 0.1) is 19.8 Å². The largest absolute Gasteiger partial charge is 0.481 e. The SMILES string of the molecule is COc1ncnc(OC)c1CNCC(O)C(F)F. The molecule has 0 fully saturated rings. The van der Waals surface area contributed by atoms with E-state index in [9.17, 15) is 8.78 Å². The molecule has 1 atom stereocenters. The molecule has 0 spiro atoms. The summed E-state index contributed by atoms with van der Waals surface area (Å²) in [5.74, 6) is 0.585. The zero-order chi connectivity index (χ0) is 13.5. The molecule has 0 amide bonds. The summed E-state index contributed by atoms with van der Waals surface area (Å²) in [6.07, 6.45) is -3.23. The molecule has 0 saturated heterocycles. The van der Waals surface area contributed by atoms with E-state index >= 15 is 0 Å². The van der Waals surface area contributed by atoms with Gasteiger partial charge in [0.1, 0.15) is 12.4 Å². The lowest BCUT2D eigenvalue weighted by Crippen LogP contribution is -2.32. The number of aromatic nitrogens is 2. The average molecular weight is 263 g/mol. The van der Waals surface area contributed by atoms with E-state index in [1.54, 1.807) is 0 Å². The second kappa shape index (κ2) is 7.02. The Kier molecular flexibility index (Phi) is 5.66. The van der Waals surface area contributed by atoms with Crippen molar-refractivity contribution in [2.45, 2.75) is 19.1 Å². The highest BCUT2D eigenvalue weighted by molar-refractivity contribution is 5.34. The number of halogens is 2. The van der Waals surface area contributed by atoms with E-state index < -0.39 is 12.5 Å². The van der Waals surface area contributed by atoms with Crippen LogP contribution in [0.1, 0.15) is 5.56 Å². The first-order valence-electron chi connectivity index (χ1n) is 5.19. The highest BCUT2D eigenvalue weighted by Crippen LogP contribution is 2.22. The molecular formula is C10H15F2N3O3. The molecule has 0 aliphatic rings. The lowest BCUT2D eigenvalue weighted by Gasteiger charge is -2.13. The smallest absolute Gasteiger partial charge is 0.265 e. The molecule has 102 valence electrons. The van der Waals surface area contributed by atoms with Gasteiger partial charge in [-0.15, -0.1) is 0 Å². The van der Waals surface area contributed by atoms with E-state index in [0.717, 1.165) is 0 Å². The molecule has 0 aromatic carbocycles. The van der Waals surface area contributed by atoms with E-state index in [2.05, 4.69) is 15.3 Å². The minimum absolute atomic E-state index is 0.150. The van der Waals surface area contributed by atoms with Gasteiger partial charge in [0.25, 0.3) is 6.43 Å². The first-order chi connectivity index (χ1) is 8.60. The summed E-state index contributed by atoms with van der Waals surface area (Å²) in [6, 6.07) is 0. The van der Waals surface area contributed by atoms with E-state index in [4.69, 9.17) is 14.6 Å². The van der Waals surface area contributed by atoms with Crippen LogP contribution in [-0.4, -0.2) is 48.4 Å². The zero-order valence-electron chi connectivity index (χ0n) is 10.1. The van der Waals surface area contributed by atoms with Crippen LogP contribution in [0.4, 0.5) is 8.78 Å². The van der Waals surface area contributed by atoms with Gasteiger partial charge in [-0.05, 0) is 0 Å². The quantitative estimate of drug-likeness (QED) is 0.732. The fourth-order valence-electron chi connectivity index (χ4n) is 1.32. The monoisotopic (exact) mass is 263 g/mol. The van der Waals surface area contributed by atoms with Gasteiger partial charge in [0.15, 0.2) is 0 Å². The first kappa shape index (κ1) is 14.5. The van der Waals surface area contributed by atoms with Gasteiger partial charge in [0.2, 0.25) is 11.8 Å². The Morgan fingerprint density at radius 2 is 1.83 bits per heavy atom. The minimum atomic E-state index is -2.78. The zero-order valence-corrected chi connectivity index (χ0v) is 10.1. The molecular weight excluding hydrogens is 248 g/mol. The molecule has 1 unspecified atom stereocenters. The number of alkyl halides is 2. The van der Waals surface area contributed by atoms with E-state index in [-0.39, 0.29) is 13.1 Å². The van der Waals surface area contributed by atoms with E-state index in [1.807, 2.05) is 0 Å². The maximum Gasteiger partial charge on any atom is 0.265 e. The van der Waals surface area contributed by atoms with Crippen molar-refractivity contribution in [3.05, 3.63) is 11.9 Å². The first-order valence-corrected chi connectivity index (χ1v) is 5.19. The Labute approximate surface area is 103 Å². The molecule has 8 heteroatoms. The van der Waals surface area contributed by atoms with Gasteiger partial charge in [-0.1, -0.05) is 0 Å². The van der Waals surface area contributed by atoms with Crippen molar-refractivity contribution >= 4 is 0 Å². The molecule has 0 aliphatic heterocycles. The third-order valence-corrected chi connectivity index (χ3v) is 2.20. The maximum absolute atomic E-state index is 12.1. The Morgan fingerprint density at radius 1 is 1.28 bits per heavy atom. The standard InChI is InChI=1S/C10H15F2N3O3/c1-17-9-6(10(18-2)15-5-14-9)3-13-4-7(16)8(11)12/h5,7-8,13,16H,3-4H2,1-2H3. The van der Waals surface area contributed by atoms with Crippen molar-refractivity contribution in [2.75, 3.05) is 20.8 Å². The number of rotatable bonds is 7. The van der Waals surface area contributed by atoms with Crippen LogP contribution in [0.5, 0.6) is 11.8 Å². The summed E-state index contributed by atoms with van der Waals surface area (Å²) in [5, 5.41) is 11.6. The summed E-state index contributed by atoms with van der Waals surface area (Å²) in [6.45, 7) is -0.101. The third-order valence-electron chi connectivity index (χ3n) is 2.20. The topological polar surface area (TPSA) is 76.5 Å². The molecule has 2 N–H and O–H groups in total. The summed E-state index contributed by atoms with van der Waals surface area (Å²) in [4.78, 5) is 7.75. The van der Waals surface area contributed by atoms with Crippen molar-refractivity contribution in [1.82, 2.24) is 15.3 Å². The second-order valence-electron chi connectivity index (χ2n) is 3.40. The van der Waals surface area contributed by atoms with Crippen molar-refractivity contribution in [2.24, 2.45) is 0 Å². The number of aliphatic hydroxyl groups is 1. The number of ether oxygens (including phenoxy) is 2. The van der Waals surface area contributed by atoms with E-state index in [1.165, 1.54) is 20.5 Å². The number of methoxy groups -OCH3 is 2. The van der Waals surface area contributed by atoms with Crippen molar-refractivity contribution in [1.29, 1.82) is 0 Å². The summed E-state index contributed by atoms with van der Waals surface area (Å²) in [5.41, 5.74) is 0.504. The average Bonchev–Trinajstić information content (AvgIpc) is 2.38. The van der Waals surface area contributed by atoms with Crippen molar-refractivity contribution in [3.63, 3.8) is 0 Å². The van der Waals surface area contributed by atoms with Crippen LogP contribution in [0.25, 0.3) is 0 Å². The number of nitrogens with zero attached hydrogens (tertiary/aromatic N) is 2. The van der Waals surface area contributed by atoms with Gasteiger partial charge < -0.3 is 19.9 Å². The number of nitrogens with one attached hydrogen (secondary N) is 1. The number of aliphatic hydroxyl groups excluding tert-OH is 1. The van der Waals surface area contributed by atoms with Crippen molar-refractivity contribution < 1.29 is 23.4 Å². The molecule has 0 radical (unpaired) electrons. The Hall–Kier alpha value is -1.54. The molecule has 0 saturated carbocycles. The van der Waals surface area contributed by atoms with Gasteiger partial charge in [0, 0.05) is 13.1 Å². The Morgan fingerprint density at radius 3 is 2.28 bits per heavy atom. The van der Waals surface area contributed by atoms with Crippen LogP contribution in [0.3, 0.4) is 0 Å². The molecule has 1 aromatic heterocycles. The van der Waals surface area contributed by atoms with Crippen LogP contribution < -0.4 is 14.8 Å². The predicted octanol–water partition coefficient (Wildman–Crippen LogP) is 0.209. The molecule has 1 rings (SSSR count). The molecule has 6 nitrogen and oxygen atoms in total. The van der Waals surface area contributed by atoms with Crippen LogP contribution in [0, 0.1) is 0 Å². The minimum Gasteiger partial charge on any atom is -0.481 e. The van der Waals surface area contributed by atoms with Crippen LogP contribution >= 0.6 is 0 Å². The summed E-state index contributed by atoms with van der Waals surface area (Å²) >= 11 is 0. The summed E-state index contributed by atoms with van der Waals surface area (Å²) in [7, 11) is 2.86. The normalized spacial score (nSPS) is 12.6. The lowest BCUT2D eigenvalue weighted by atomic mass is 10.3. The predicted molar refractivity (Wildman–Crippen MR) is 58.9 cm³/mol. The van der Waals surface area contributed by atoms with E-state index in [0.29, 0.717) is 17.3 Å². The second-order valence-corrected chi connectivity index (χ2v) is 3.40. The van der Waals surface area contributed by atoms with Crippen LogP contribution in [-0.2, 0) is 6.54 Å². The fraction of sp³-hybridized carbons (Fsp3) is 0.600. The molecule has 0 bridgehead atoms. The Balaban J connectivity index is 2.65. The maximum atomic E-state index is 12.1. The third kappa shape index (κ3) is 3.74. The molecule has 1 aromatic rings. The Bertz CT molecular complexity index is 357. The van der Waals surface area contributed by atoms with Crippen LogP contribution in [0.15, 0.2) is 6.33 Å². The fourth-order valence-corrected chi connectivity index (χ4v) is 1.32. The van der Waals surface area contributed by atoms with Gasteiger partial charge >= 0.3 is 0 Å². The highest BCUT2D eigenvalue weighted by atomic mass is 19.3. The van der Waals surface area contributed by atoms with Crippen molar-refractivity contribution in [3.8, 4) is 11.8 Å². The van der Waals surface area contributed by atoms with Gasteiger partial charge in [-0.2, -0.15) is 0 Å². The summed E-state index contributed by atoms with van der Waals surface area (Å²) < 4.78 is 34.2. The highest BCUT2D eigenvalue weighted by Gasteiger charge is 2.17. The van der Waals surface area contributed by atoms with Gasteiger partial charge in [-0.25, -0.2) is 18.7 Å².